The summed E-state index contributed by atoms with van der Waals surface area (Å²) in [4.78, 5) is 10.2. The quantitative estimate of drug-likeness (QED) is 0.675. The maximum atomic E-state index is 10.2. The summed E-state index contributed by atoms with van der Waals surface area (Å²) in [7, 11) is 0. The average Bonchev–Trinajstić information content (AvgIpc) is 1.60. The van der Waals surface area contributed by atoms with E-state index in [1.165, 1.54) is 0 Å². The fraction of sp³-hybridized carbons (Fsp3) is 0.833. The second kappa shape index (κ2) is 3.40. The molecule has 4 heteroatoms. The monoisotopic (exact) mass is 209 g/mol. The molecule has 0 bridgehead atoms. The first kappa shape index (κ1) is 9.99. The van der Waals surface area contributed by atoms with Crippen LogP contribution in [0.3, 0.4) is 0 Å². The van der Waals surface area contributed by atoms with Gasteiger partial charge in [-0.15, -0.1) is 0 Å². The molecule has 0 aromatic heterocycles. The van der Waals surface area contributed by atoms with E-state index in [0.717, 1.165) is 0 Å². The second-order valence-electron chi connectivity index (χ2n) is 3.33. The Balaban J connectivity index is 3.80. The molecule has 1 unspecified atom stereocenters. The first-order chi connectivity index (χ1) is 4.33. The molecule has 60 valence electrons. The fourth-order valence-electron chi connectivity index (χ4n) is 0.597. The van der Waals surface area contributed by atoms with E-state index in [0.29, 0.717) is 5.21 Å². The van der Waals surface area contributed by atoms with E-state index in [1.54, 1.807) is 0 Å². The van der Waals surface area contributed by atoms with Crippen molar-refractivity contribution >= 4 is 19.5 Å². The van der Waals surface area contributed by atoms with Crippen molar-refractivity contribution in [2.24, 2.45) is 0 Å². The molecule has 0 aliphatic heterocycles. The van der Waals surface area contributed by atoms with Gasteiger partial charge < -0.3 is 0 Å². The molecule has 0 aromatic carbocycles. The van der Waals surface area contributed by atoms with Gasteiger partial charge in [0.1, 0.15) is 0 Å². The summed E-state index contributed by atoms with van der Waals surface area (Å²) in [5.74, 6) is -1.10. The van der Waals surface area contributed by atoms with Crippen LogP contribution in [0.5, 0.6) is 0 Å². The second-order valence-corrected chi connectivity index (χ2v) is 13.7. The van der Waals surface area contributed by atoms with Crippen LogP contribution in [-0.4, -0.2) is 35.8 Å². The molecule has 0 saturated heterocycles. The first-order valence-corrected chi connectivity index (χ1v) is 10.00. The van der Waals surface area contributed by atoms with Crippen LogP contribution in [-0.2, 0) is 4.79 Å². The number of rotatable bonds is 3. The summed E-state index contributed by atoms with van der Waals surface area (Å²) in [5.41, 5.74) is 6.18. The van der Waals surface area contributed by atoms with Crippen LogP contribution in [0.25, 0.3) is 0 Å². The van der Waals surface area contributed by atoms with Gasteiger partial charge in [0.2, 0.25) is 0 Å². The fourth-order valence-corrected chi connectivity index (χ4v) is 3.10. The molecule has 0 heterocycles. The van der Waals surface area contributed by atoms with Crippen LogP contribution in [0.4, 0.5) is 0 Å². The third kappa shape index (κ3) is 4.83. The number of carboxylic acid groups (broad SMARTS) is 1. The van der Waals surface area contributed by atoms with E-state index in [9.17, 15) is 4.79 Å². The summed E-state index contributed by atoms with van der Waals surface area (Å²) in [6.45, 7) is 0. The molecule has 2 N–H and O–H groups in total. The van der Waals surface area contributed by atoms with Crippen LogP contribution in [0, 0.1) is 0 Å². The third-order valence-electron chi connectivity index (χ3n) is 1.01. The molecule has 0 aromatic rings. The maximum absolute atomic E-state index is 10.2. The summed E-state index contributed by atoms with van der Waals surface area (Å²) < 4.78 is 0. The Kier molecular flexibility index (Phi) is 3.40. The van der Waals surface area contributed by atoms with E-state index in [2.05, 4.69) is 17.1 Å². The van der Waals surface area contributed by atoms with Crippen molar-refractivity contribution in [2.45, 2.75) is 28.4 Å². The van der Waals surface area contributed by atoms with E-state index in [4.69, 9.17) is 10.2 Å². The molecule has 0 saturated carbocycles. The average molecular weight is 209 g/mol. The predicted molar refractivity (Wildman–Crippen MR) is 41.8 cm³/mol. The van der Waals surface area contributed by atoms with Gasteiger partial charge in [-0.1, -0.05) is 0 Å². The number of carboxylic acids is 1. The van der Waals surface area contributed by atoms with Crippen LogP contribution in [0.1, 0.15) is 0 Å². The zero-order valence-electron chi connectivity index (χ0n) is 6.53. The molecule has 3 nitrogen and oxygen atoms in total. The Hall–Kier alpha value is -0.0116. The number of aliphatic hydroxyl groups is 1. The first-order valence-electron chi connectivity index (χ1n) is 3.04. The molecule has 0 aliphatic rings. The Morgan fingerprint density at radius 1 is 1.50 bits per heavy atom. The normalized spacial score (nSPS) is 14.8. The Labute approximate surface area is 63.5 Å². The van der Waals surface area contributed by atoms with Gasteiger partial charge >= 0.3 is 63.0 Å². The molecule has 0 amide bonds. The van der Waals surface area contributed by atoms with Crippen molar-refractivity contribution in [3.8, 4) is 0 Å². The number of carbonyl (C=O) groups is 1. The minimum atomic E-state index is -1.72. The molecule has 0 aliphatic carbocycles. The van der Waals surface area contributed by atoms with Crippen molar-refractivity contribution in [1.82, 2.24) is 0 Å². The molecule has 0 spiro atoms. The van der Waals surface area contributed by atoms with Gasteiger partial charge in [-0.25, -0.2) is 0 Å². The molecule has 0 radical (unpaired) electrons. The van der Waals surface area contributed by atoms with Gasteiger partial charge in [0.05, 0.1) is 0 Å². The zero-order valence-corrected chi connectivity index (χ0v) is 8.41. The molecular weight excluding hydrogens is 195 g/mol. The number of aliphatic carboxylic acids is 1. The van der Waals surface area contributed by atoms with Gasteiger partial charge in [-0.3, -0.25) is 0 Å². The van der Waals surface area contributed by atoms with Crippen molar-refractivity contribution < 1.29 is 15.0 Å². The van der Waals surface area contributed by atoms with E-state index < -0.39 is 25.6 Å². The summed E-state index contributed by atoms with van der Waals surface area (Å²) in [6.07, 6.45) is -1.15. The Bertz CT molecular complexity index is 127. The van der Waals surface area contributed by atoms with Gasteiger partial charge in [0.15, 0.2) is 0 Å². The van der Waals surface area contributed by atoms with Crippen LogP contribution in [0.15, 0.2) is 0 Å². The van der Waals surface area contributed by atoms with E-state index in [-0.39, 0.29) is 0 Å². The number of hydrogen-bond acceptors (Lipinski definition) is 2. The summed E-state index contributed by atoms with van der Waals surface area (Å²) in [6, 6.07) is 0. The predicted octanol–water partition coefficient (Wildman–Crippen LogP) is 0.770. The van der Waals surface area contributed by atoms with Crippen molar-refractivity contribution in [3.05, 3.63) is 0 Å². The SMILES string of the molecule is C[As+](C)(C)CC(O)C(=O)O. The van der Waals surface area contributed by atoms with Crippen molar-refractivity contribution in [1.29, 1.82) is 0 Å². The van der Waals surface area contributed by atoms with Gasteiger partial charge in [0.25, 0.3) is 0 Å². The van der Waals surface area contributed by atoms with Gasteiger partial charge in [-0.2, -0.15) is 0 Å². The topological polar surface area (TPSA) is 57.5 Å². The van der Waals surface area contributed by atoms with Gasteiger partial charge in [0, 0.05) is 0 Å². The Morgan fingerprint density at radius 2 is 1.90 bits per heavy atom. The molecule has 0 rings (SSSR count). The molecule has 10 heavy (non-hydrogen) atoms. The molecule has 1 atom stereocenters. The number of aliphatic hydroxyl groups excluding tert-OH is 1. The van der Waals surface area contributed by atoms with Crippen LogP contribution >= 0.6 is 0 Å². The zero-order chi connectivity index (χ0) is 8.36. The summed E-state index contributed by atoms with van der Waals surface area (Å²) >= 11 is -1.72. The van der Waals surface area contributed by atoms with E-state index >= 15 is 0 Å². The third-order valence-corrected chi connectivity index (χ3v) is 4.03. The van der Waals surface area contributed by atoms with Crippen LogP contribution < -0.4 is 0 Å². The van der Waals surface area contributed by atoms with Crippen molar-refractivity contribution in [3.63, 3.8) is 0 Å². The summed E-state index contributed by atoms with van der Waals surface area (Å²) in [5, 5.41) is 17.7. The van der Waals surface area contributed by atoms with Crippen molar-refractivity contribution in [2.75, 3.05) is 0 Å². The van der Waals surface area contributed by atoms with Gasteiger partial charge in [-0.05, 0) is 0 Å². The molecular formula is C6H14AsO3+. The molecule has 0 fully saturated rings. The standard InChI is InChI=1S/C6H13AsO3/c1-7(2,3)4-5(8)6(9)10/h5,8H,4H2,1-3H3/p+1. The van der Waals surface area contributed by atoms with E-state index in [1.807, 2.05) is 0 Å². The van der Waals surface area contributed by atoms with Crippen LogP contribution in [0.2, 0.25) is 22.3 Å². The minimum absolute atomic E-state index is 0.466. The Morgan fingerprint density at radius 3 is 2.00 bits per heavy atom. The number of hydrogen-bond donors (Lipinski definition) is 2.